The molecule has 1 fully saturated rings. The molecule has 5 amide bonds. The van der Waals surface area contributed by atoms with E-state index in [1.54, 1.807) is 6.20 Å². The quantitative estimate of drug-likeness (QED) is 0.323. The lowest BCUT2D eigenvalue weighted by molar-refractivity contribution is -0.141. The third-order valence-corrected chi connectivity index (χ3v) is 5.51. The van der Waals surface area contributed by atoms with Crippen molar-refractivity contribution in [3.63, 3.8) is 0 Å². The molecule has 2 heterocycles. The van der Waals surface area contributed by atoms with Gasteiger partial charge >= 0.3 is 0 Å². The molecule has 1 aliphatic heterocycles. The molecule has 0 bridgehead atoms. The summed E-state index contributed by atoms with van der Waals surface area (Å²) in [6.45, 7) is 1.06. The molecule has 1 aliphatic rings. The van der Waals surface area contributed by atoms with Gasteiger partial charge < -0.3 is 31.6 Å². The maximum Gasteiger partial charge on any atom is 0.246 e. The largest absolute Gasteiger partial charge is 0.368 e. The van der Waals surface area contributed by atoms with Crippen LogP contribution in [0.2, 0.25) is 0 Å². The van der Waals surface area contributed by atoms with Crippen LogP contribution >= 0.6 is 0 Å². The number of hydrogen-bond acceptors (Lipinski definition) is 5. The molecule has 2 atom stereocenters. The van der Waals surface area contributed by atoms with E-state index in [0.29, 0.717) is 19.4 Å². The third-order valence-electron chi connectivity index (χ3n) is 5.51. The Morgan fingerprint density at radius 3 is 2.64 bits per heavy atom. The van der Waals surface area contributed by atoms with Crippen LogP contribution in [-0.2, 0) is 30.4 Å². The van der Waals surface area contributed by atoms with E-state index < -0.39 is 35.7 Å². The number of nitrogens with one attached hydrogen (secondary N) is 4. The summed E-state index contributed by atoms with van der Waals surface area (Å²) in [5, 5.41) is 8.47. The fraction of sp³-hybridized carbons (Fsp3) is 0.409. The first kappa shape index (κ1) is 23.8. The zero-order valence-electron chi connectivity index (χ0n) is 18.3. The fourth-order valence-corrected chi connectivity index (χ4v) is 3.97. The first-order valence-electron chi connectivity index (χ1n) is 10.7. The number of fused-ring (bicyclic) bond motifs is 1. The van der Waals surface area contributed by atoms with Crippen LogP contribution in [0.25, 0.3) is 10.9 Å². The highest BCUT2D eigenvalue weighted by Crippen LogP contribution is 2.22. The highest BCUT2D eigenvalue weighted by atomic mass is 16.2. The molecule has 33 heavy (non-hydrogen) atoms. The summed E-state index contributed by atoms with van der Waals surface area (Å²) in [6, 6.07) is 5.89. The SMILES string of the molecule is CC(=O)NCC(=O)N[C@@H](Cc1c[nH]c2ccccc12)C(=O)N1CCC[C@H]1C(=O)NCC(N)=O. The maximum atomic E-state index is 13.5. The summed E-state index contributed by atoms with van der Waals surface area (Å²) in [5.41, 5.74) is 6.82. The van der Waals surface area contributed by atoms with Crippen LogP contribution in [0.3, 0.4) is 0 Å². The number of primary amides is 1. The van der Waals surface area contributed by atoms with Crippen LogP contribution in [0.4, 0.5) is 0 Å². The number of carbonyl (C=O) groups excluding carboxylic acids is 5. The number of aromatic nitrogens is 1. The average Bonchev–Trinajstić information content (AvgIpc) is 3.43. The molecule has 0 unspecified atom stereocenters. The van der Waals surface area contributed by atoms with Crippen molar-refractivity contribution in [1.82, 2.24) is 25.8 Å². The van der Waals surface area contributed by atoms with Crippen LogP contribution in [0.15, 0.2) is 30.5 Å². The number of para-hydroxylation sites is 1. The van der Waals surface area contributed by atoms with Crippen LogP contribution in [0.1, 0.15) is 25.3 Å². The average molecular weight is 457 g/mol. The van der Waals surface area contributed by atoms with Crippen molar-refractivity contribution in [2.24, 2.45) is 5.73 Å². The molecule has 11 heteroatoms. The van der Waals surface area contributed by atoms with Gasteiger partial charge in [-0.2, -0.15) is 0 Å². The van der Waals surface area contributed by atoms with Crippen LogP contribution < -0.4 is 21.7 Å². The molecule has 6 N–H and O–H groups in total. The summed E-state index contributed by atoms with van der Waals surface area (Å²) >= 11 is 0. The predicted molar refractivity (Wildman–Crippen MR) is 120 cm³/mol. The number of aromatic amines is 1. The van der Waals surface area contributed by atoms with E-state index in [-0.39, 0.29) is 25.4 Å². The Bertz CT molecular complexity index is 1060. The number of likely N-dealkylation sites (tertiary alicyclic amines) is 1. The Kier molecular flexibility index (Phi) is 7.65. The molecular formula is C22H28N6O5. The summed E-state index contributed by atoms with van der Waals surface area (Å²) < 4.78 is 0. The van der Waals surface area contributed by atoms with Crippen molar-refractivity contribution >= 4 is 40.4 Å². The Hall–Kier alpha value is -3.89. The van der Waals surface area contributed by atoms with Gasteiger partial charge in [0.1, 0.15) is 12.1 Å². The number of nitrogens with two attached hydrogens (primary N) is 1. The van der Waals surface area contributed by atoms with Crippen LogP contribution in [0.5, 0.6) is 0 Å². The summed E-state index contributed by atoms with van der Waals surface area (Å²) in [4.78, 5) is 65.2. The summed E-state index contributed by atoms with van der Waals surface area (Å²) in [6.07, 6.45) is 3.03. The van der Waals surface area contributed by atoms with Gasteiger partial charge in [-0.3, -0.25) is 24.0 Å². The fourth-order valence-electron chi connectivity index (χ4n) is 3.97. The molecule has 11 nitrogen and oxygen atoms in total. The standard InChI is InChI=1S/C22H28N6O5/c1-13(29)24-12-20(31)27-17(9-14-10-25-16-6-3-2-5-15(14)16)22(33)28-8-4-7-18(28)21(32)26-11-19(23)30/h2-3,5-6,10,17-18,25H,4,7-9,11-12H2,1H3,(H2,23,30)(H,24,29)(H,26,32)(H,27,31)/t17-,18-/m0/s1. The monoisotopic (exact) mass is 456 g/mol. The van der Waals surface area contributed by atoms with Crippen LogP contribution in [0, 0.1) is 0 Å². The second-order valence-electron chi connectivity index (χ2n) is 7.97. The lowest BCUT2D eigenvalue weighted by Gasteiger charge is -2.28. The molecule has 2 aromatic rings. The van der Waals surface area contributed by atoms with Crippen molar-refractivity contribution in [2.45, 2.75) is 38.3 Å². The van der Waals surface area contributed by atoms with Gasteiger partial charge in [0.2, 0.25) is 29.5 Å². The number of nitrogens with zero attached hydrogens (tertiary/aromatic N) is 1. The Morgan fingerprint density at radius 2 is 1.91 bits per heavy atom. The molecule has 1 aromatic carbocycles. The Labute approximate surface area is 190 Å². The van der Waals surface area contributed by atoms with Crippen molar-refractivity contribution in [1.29, 1.82) is 0 Å². The minimum absolute atomic E-state index is 0.195. The first-order chi connectivity index (χ1) is 15.8. The molecule has 0 spiro atoms. The van der Waals surface area contributed by atoms with E-state index >= 15 is 0 Å². The second kappa shape index (κ2) is 10.6. The van der Waals surface area contributed by atoms with Crippen molar-refractivity contribution in [2.75, 3.05) is 19.6 Å². The van der Waals surface area contributed by atoms with E-state index in [1.165, 1.54) is 11.8 Å². The van der Waals surface area contributed by atoms with Gasteiger partial charge in [0, 0.05) is 37.0 Å². The molecule has 3 rings (SSSR count). The lowest BCUT2D eigenvalue weighted by Crippen LogP contribution is -2.55. The maximum absolute atomic E-state index is 13.5. The summed E-state index contributed by atoms with van der Waals surface area (Å²) in [7, 11) is 0. The van der Waals surface area contributed by atoms with Gasteiger partial charge in [-0.25, -0.2) is 0 Å². The van der Waals surface area contributed by atoms with Crippen molar-refractivity contribution in [3.05, 3.63) is 36.0 Å². The molecule has 1 aromatic heterocycles. The number of amides is 5. The molecule has 1 saturated heterocycles. The van der Waals surface area contributed by atoms with E-state index in [1.807, 2.05) is 24.3 Å². The molecule has 0 saturated carbocycles. The van der Waals surface area contributed by atoms with Gasteiger partial charge in [-0.05, 0) is 24.5 Å². The minimum Gasteiger partial charge on any atom is -0.368 e. The van der Waals surface area contributed by atoms with E-state index in [2.05, 4.69) is 20.9 Å². The van der Waals surface area contributed by atoms with Gasteiger partial charge in [0.15, 0.2) is 0 Å². The lowest BCUT2D eigenvalue weighted by atomic mass is 10.0. The Balaban J connectivity index is 1.80. The molecule has 176 valence electrons. The van der Waals surface area contributed by atoms with Crippen molar-refractivity contribution in [3.8, 4) is 0 Å². The van der Waals surface area contributed by atoms with E-state index in [4.69, 9.17) is 5.73 Å². The first-order valence-corrected chi connectivity index (χ1v) is 10.7. The van der Waals surface area contributed by atoms with Gasteiger partial charge in [0.25, 0.3) is 0 Å². The highest BCUT2D eigenvalue weighted by Gasteiger charge is 2.37. The smallest absolute Gasteiger partial charge is 0.246 e. The van der Waals surface area contributed by atoms with Gasteiger partial charge in [-0.1, -0.05) is 18.2 Å². The van der Waals surface area contributed by atoms with E-state index in [9.17, 15) is 24.0 Å². The Morgan fingerprint density at radius 1 is 1.15 bits per heavy atom. The second-order valence-corrected chi connectivity index (χ2v) is 7.97. The number of hydrogen-bond donors (Lipinski definition) is 5. The number of rotatable bonds is 9. The topological polar surface area (TPSA) is 166 Å². The summed E-state index contributed by atoms with van der Waals surface area (Å²) in [5.74, 6) is -2.43. The molecular weight excluding hydrogens is 428 g/mol. The van der Waals surface area contributed by atoms with Crippen molar-refractivity contribution < 1.29 is 24.0 Å². The number of carbonyl (C=O) groups is 5. The van der Waals surface area contributed by atoms with E-state index in [0.717, 1.165) is 16.5 Å². The minimum atomic E-state index is -0.949. The highest BCUT2D eigenvalue weighted by molar-refractivity contribution is 5.95. The van der Waals surface area contributed by atoms with Crippen LogP contribution in [-0.4, -0.2) is 71.1 Å². The zero-order chi connectivity index (χ0) is 24.0. The number of H-pyrrole nitrogens is 1. The predicted octanol–water partition coefficient (Wildman–Crippen LogP) is -1.08. The van der Waals surface area contributed by atoms with Gasteiger partial charge in [0.05, 0.1) is 13.1 Å². The zero-order valence-corrected chi connectivity index (χ0v) is 18.3. The number of benzene rings is 1. The molecule has 0 aliphatic carbocycles. The normalized spacial score (nSPS) is 16.3. The third kappa shape index (κ3) is 6.09. The van der Waals surface area contributed by atoms with Gasteiger partial charge in [-0.15, -0.1) is 0 Å². The molecule has 0 radical (unpaired) electrons.